The van der Waals surface area contributed by atoms with E-state index in [0.717, 1.165) is 18.0 Å². The largest absolute Gasteiger partial charge is 0.248 e. The third-order valence-electron chi connectivity index (χ3n) is 2.63. The third kappa shape index (κ3) is 2.95. The SMILES string of the molecule is C[C@@H]1CCC=C(C#Cc2ccccn2)C1. The standard InChI is InChI=1S/C14H15N/c1-12-5-4-6-13(11-12)8-9-14-7-2-3-10-15-14/h2-3,6-7,10,12H,4-5,11H2,1H3/t12-/m1/s1. The van der Waals surface area contributed by atoms with Crippen molar-refractivity contribution < 1.29 is 0 Å². The Morgan fingerprint density at radius 1 is 1.33 bits per heavy atom. The maximum absolute atomic E-state index is 4.18. The number of hydrogen-bond acceptors (Lipinski definition) is 1. The van der Waals surface area contributed by atoms with E-state index >= 15 is 0 Å². The molecule has 1 heteroatoms. The molecule has 0 spiro atoms. The van der Waals surface area contributed by atoms with E-state index in [1.807, 2.05) is 18.2 Å². The molecule has 1 aromatic rings. The summed E-state index contributed by atoms with van der Waals surface area (Å²) < 4.78 is 0. The van der Waals surface area contributed by atoms with Gasteiger partial charge < -0.3 is 0 Å². The summed E-state index contributed by atoms with van der Waals surface area (Å²) in [5.74, 6) is 7.10. The van der Waals surface area contributed by atoms with Gasteiger partial charge in [0.05, 0.1) is 0 Å². The van der Waals surface area contributed by atoms with E-state index in [1.165, 1.54) is 18.4 Å². The first kappa shape index (κ1) is 9.98. The summed E-state index contributed by atoms with van der Waals surface area (Å²) in [6, 6.07) is 5.82. The summed E-state index contributed by atoms with van der Waals surface area (Å²) in [5, 5.41) is 0. The molecule has 1 nitrogen and oxygen atoms in total. The van der Waals surface area contributed by atoms with Crippen molar-refractivity contribution in [2.45, 2.75) is 26.2 Å². The fraction of sp³-hybridized carbons (Fsp3) is 0.357. The number of pyridine rings is 1. The molecule has 0 saturated carbocycles. The Morgan fingerprint density at radius 3 is 3.00 bits per heavy atom. The number of rotatable bonds is 0. The van der Waals surface area contributed by atoms with Gasteiger partial charge >= 0.3 is 0 Å². The Bertz CT molecular complexity index is 406. The van der Waals surface area contributed by atoms with Gasteiger partial charge in [0, 0.05) is 6.20 Å². The average molecular weight is 197 g/mol. The second-order valence-corrected chi connectivity index (χ2v) is 4.08. The van der Waals surface area contributed by atoms with Crippen molar-refractivity contribution in [1.82, 2.24) is 4.98 Å². The lowest BCUT2D eigenvalue weighted by Gasteiger charge is -2.14. The van der Waals surface area contributed by atoms with Crippen LogP contribution in [-0.4, -0.2) is 4.98 Å². The molecule has 0 aromatic carbocycles. The Kier molecular flexibility index (Phi) is 3.19. The van der Waals surface area contributed by atoms with Crippen molar-refractivity contribution in [3.63, 3.8) is 0 Å². The first-order valence-corrected chi connectivity index (χ1v) is 5.46. The minimum Gasteiger partial charge on any atom is -0.248 e. The van der Waals surface area contributed by atoms with Gasteiger partial charge in [0.25, 0.3) is 0 Å². The van der Waals surface area contributed by atoms with Crippen LogP contribution in [-0.2, 0) is 0 Å². The van der Waals surface area contributed by atoms with Crippen molar-refractivity contribution in [3.8, 4) is 11.8 Å². The molecule has 0 N–H and O–H groups in total. The summed E-state index contributed by atoms with van der Waals surface area (Å²) in [6.45, 7) is 2.29. The van der Waals surface area contributed by atoms with Crippen LogP contribution >= 0.6 is 0 Å². The molecule has 0 radical (unpaired) electrons. The Hall–Kier alpha value is -1.55. The quantitative estimate of drug-likeness (QED) is 0.582. The van der Waals surface area contributed by atoms with E-state index in [2.05, 4.69) is 29.8 Å². The van der Waals surface area contributed by atoms with Crippen LogP contribution in [0.5, 0.6) is 0 Å². The van der Waals surface area contributed by atoms with Crippen LogP contribution in [0.25, 0.3) is 0 Å². The lowest BCUT2D eigenvalue weighted by molar-refractivity contribution is 0.517. The molecule has 0 unspecified atom stereocenters. The fourth-order valence-corrected chi connectivity index (χ4v) is 1.79. The van der Waals surface area contributed by atoms with Gasteiger partial charge in [0.2, 0.25) is 0 Å². The molecule has 0 fully saturated rings. The van der Waals surface area contributed by atoms with E-state index in [1.54, 1.807) is 6.20 Å². The highest BCUT2D eigenvalue weighted by atomic mass is 14.6. The smallest absolute Gasteiger partial charge is 0.113 e. The molecule has 0 amide bonds. The van der Waals surface area contributed by atoms with E-state index in [4.69, 9.17) is 0 Å². The molecular formula is C14H15N. The Labute approximate surface area is 91.2 Å². The number of nitrogens with zero attached hydrogens (tertiary/aromatic N) is 1. The Balaban J connectivity index is 2.09. The van der Waals surface area contributed by atoms with Crippen LogP contribution < -0.4 is 0 Å². The maximum Gasteiger partial charge on any atom is 0.113 e. The number of aromatic nitrogens is 1. The molecule has 1 aromatic heterocycles. The highest BCUT2D eigenvalue weighted by Crippen LogP contribution is 2.22. The highest BCUT2D eigenvalue weighted by molar-refractivity contribution is 5.37. The third-order valence-corrected chi connectivity index (χ3v) is 2.63. The van der Waals surface area contributed by atoms with Gasteiger partial charge in [-0.1, -0.05) is 25.0 Å². The number of allylic oxidation sites excluding steroid dienone is 2. The van der Waals surface area contributed by atoms with Crippen LogP contribution in [0.1, 0.15) is 31.9 Å². The van der Waals surface area contributed by atoms with Gasteiger partial charge in [-0.2, -0.15) is 0 Å². The summed E-state index contributed by atoms with van der Waals surface area (Å²) in [7, 11) is 0. The normalized spacial score (nSPS) is 20.1. The van der Waals surface area contributed by atoms with Crippen molar-refractivity contribution in [2.75, 3.05) is 0 Å². The zero-order valence-electron chi connectivity index (χ0n) is 9.03. The predicted molar refractivity (Wildman–Crippen MR) is 62.2 cm³/mol. The van der Waals surface area contributed by atoms with Gasteiger partial charge in [-0.15, -0.1) is 0 Å². The van der Waals surface area contributed by atoms with Crippen LogP contribution in [0.15, 0.2) is 36.0 Å². The van der Waals surface area contributed by atoms with Gasteiger partial charge in [-0.25, -0.2) is 4.98 Å². The van der Waals surface area contributed by atoms with Crippen LogP contribution in [0, 0.1) is 17.8 Å². The molecule has 0 bridgehead atoms. The van der Waals surface area contributed by atoms with Crippen LogP contribution in [0.3, 0.4) is 0 Å². The Morgan fingerprint density at radius 2 is 2.27 bits per heavy atom. The minimum absolute atomic E-state index is 0.781. The molecule has 1 aliphatic carbocycles. The lowest BCUT2D eigenvalue weighted by atomic mass is 9.90. The topological polar surface area (TPSA) is 12.9 Å². The average Bonchev–Trinajstić information content (AvgIpc) is 2.28. The van der Waals surface area contributed by atoms with Crippen molar-refractivity contribution >= 4 is 0 Å². The van der Waals surface area contributed by atoms with Crippen molar-refractivity contribution in [1.29, 1.82) is 0 Å². The molecule has 15 heavy (non-hydrogen) atoms. The monoisotopic (exact) mass is 197 g/mol. The van der Waals surface area contributed by atoms with Gasteiger partial charge in [0.1, 0.15) is 5.69 Å². The first-order valence-electron chi connectivity index (χ1n) is 5.46. The second-order valence-electron chi connectivity index (χ2n) is 4.08. The molecular weight excluding hydrogens is 182 g/mol. The van der Waals surface area contributed by atoms with E-state index in [9.17, 15) is 0 Å². The maximum atomic E-state index is 4.18. The van der Waals surface area contributed by atoms with E-state index in [0.29, 0.717) is 0 Å². The predicted octanol–water partition coefficient (Wildman–Crippen LogP) is 3.18. The second kappa shape index (κ2) is 4.79. The molecule has 0 saturated heterocycles. The summed E-state index contributed by atoms with van der Waals surface area (Å²) >= 11 is 0. The zero-order chi connectivity index (χ0) is 10.5. The lowest BCUT2D eigenvalue weighted by Crippen LogP contribution is -2.01. The minimum atomic E-state index is 0.781. The first-order chi connectivity index (χ1) is 7.34. The summed E-state index contributed by atoms with van der Waals surface area (Å²) in [6.07, 6.45) is 7.64. The highest BCUT2D eigenvalue weighted by Gasteiger charge is 2.08. The van der Waals surface area contributed by atoms with Gasteiger partial charge in [0.15, 0.2) is 0 Å². The van der Waals surface area contributed by atoms with Gasteiger partial charge in [-0.3, -0.25) is 0 Å². The molecule has 1 heterocycles. The molecule has 76 valence electrons. The van der Waals surface area contributed by atoms with Crippen molar-refractivity contribution in [3.05, 3.63) is 41.7 Å². The zero-order valence-corrected chi connectivity index (χ0v) is 9.03. The summed E-state index contributed by atoms with van der Waals surface area (Å²) in [4.78, 5) is 4.18. The van der Waals surface area contributed by atoms with Crippen molar-refractivity contribution in [2.24, 2.45) is 5.92 Å². The molecule has 2 rings (SSSR count). The van der Waals surface area contributed by atoms with Gasteiger partial charge in [-0.05, 0) is 48.8 Å². The number of hydrogen-bond donors (Lipinski definition) is 0. The fourth-order valence-electron chi connectivity index (χ4n) is 1.79. The molecule has 1 aliphatic rings. The summed E-state index contributed by atoms with van der Waals surface area (Å²) in [5.41, 5.74) is 2.14. The molecule has 1 atom stereocenters. The van der Waals surface area contributed by atoms with Crippen LogP contribution in [0.4, 0.5) is 0 Å². The van der Waals surface area contributed by atoms with E-state index < -0.39 is 0 Å². The van der Waals surface area contributed by atoms with E-state index in [-0.39, 0.29) is 0 Å². The molecule has 0 aliphatic heterocycles. The van der Waals surface area contributed by atoms with Crippen LogP contribution in [0.2, 0.25) is 0 Å².